The third kappa shape index (κ3) is 13.8. The topological polar surface area (TPSA) is 0 Å². The van der Waals surface area contributed by atoms with Gasteiger partial charge in [0.2, 0.25) is 0 Å². The van der Waals surface area contributed by atoms with Gasteiger partial charge in [-0.25, -0.2) is 0 Å². The molecule has 0 unspecified atom stereocenters. The van der Waals surface area contributed by atoms with Crippen molar-refractivity contribution < 1.29 is 0 Å². The molecule has 0 radical (unpaired) electrons. The standard InChI is InChI=1S/C40H56/c1-3-5-7-9-11-12-14-16-18-36-21-25-38(26-22-36)28-30-40-33-31-39(32-34-40)29-27-37-23-19-35(20-24-37)17-15-13-10-8-6-4-2/h21-22,25-26,31-35,37H,3-15,17,19-20,23-24,27,29H2,1-2H3/t35-,37-. The minimum Gasteiger partial charge on any atom is -0.0979 e. The molecule has 0 saturated heterocycles. The Morgan fingerprint density at radius 1 is 0.500 bits per heavy atom. The van der Waals surface area contributed by atoms with Gasteiger partial charge in [0.05, 0.1) is 0 Å². The lowest BCUT2D eigenvalue weighted by atomic mass is 9.77. The quantitative estimate of drug-likeness (QED) is 0.148. The fourth-order valence-corrected chi connectivity index (χ4v) is 6.09. The minimum atomic E-state index is 0.934. The lowest BCUT2D eigenvalue weighted by Gasteiger charge is -2.28. The second-order valence-electron chi connectivity index (χ2n) is 12.3. The van der Waals surface area contributed by atoms with Crippen molar-refractivity contribution in [3.8, 4) is 23.7 Å². The largest absolute Gasteiger partial charge is 0.0979 e. The first-order valence-corrected chi connectivity index (χ1v) is 17.0. The Morgan fingerprint density at radius 3 is 1.52 bits per heavy atom. The molecule has 2 aromatic rings. The van der Waals surface area contributed by atoms with E-state index in [0.717, 1.165) is 34.9 Å². The molecule has 0 N–H and O–H groups in total. The Labute approximate surface area is 248 Å². The number of unbranched alkanes of at least 4 members (excludes halogenated alkanes) is 11. The van der Waals surface area contributed by atoms with E-state index < -0.39 is 0 Å². The smallest absolute Gasteiger partial charge is 0.0249 e. The molecule has 1 fully saturated rings. The number of hydrogen-bond acceptors (Lipinski definition) is 0. The third-order valence-electron chi connectivity index (χ3n) is 8.85. The summed E-state index contributed by atoms with van der Waals surface area (Å²) in [5, 5.41) is 0. The lowest BCUT2D eigenvalue weighted by Crippen LogP contribution is -2.15. The maximum Gasteiger partial charge on any atom is 0.0249 e. The highest BCUT2D eigenvalue weighted by Crippen LogP contribution is 2.34. The monoisotopic (exact) mass is 536 g/mol. The van der Waals surface area contributed by atoms with E-state index in [0.29, 0.717) is 0 Å². The SMILES string of the molecule is CCCCCCCCC#Cc1ccc(C#Cc2ccc(CC[C@H]3CC[C@H](CCCCCCCC)CC3)cc2)cc1. The van der Waals surface area contributed by atoms with Crippen molar-refractivity contribution in [1.29, 1.82) is 0 Å². The molecule has 1 aliphatic carbocycles. The highest BCUT2D eigenvalue weighted by molar-refractivity contribution is 5.46. The van der Waals surface area contributed by atoms with Crippen LogP contribution in [0.25, 0.3) is 0 Å². The normalized spacial score (nSPS) is 16.6. The zero-order valence-electron chi connectivity index (χ0n) is 25.9. The summed E-state index contributed by atoms with van der Waals surface area (Å²) in [6, 6.07) is 17.4. The summed E-state index contributed by atoms with van der Waals surface area (Å²) in [5.74, 6) is 15.3. The minimum absolute atomic E-state index is 0.934. The van der Waals surface area contributed by atoms with Crippen LogP contribution in [-0.2, 0) is 6.42 Å². The van der Waals surface area contributed by atoms with E-state index in [2.05, 4.69) is 86.1 Å². The highest BCUT2D eigenvalue weighted by Gasteiger charge is 2.20. The average molecular weight is 537 g/mol. The summed E-state index contributed by atoms with van der Waals surface area (Å²) >= 11 is 0. The maximum absolute atomic E-state index is 3.34. The molecule has 0 atom stereocenters. The maximum atomic E-state index is 3.34. The molecule has 0 aliphatic heterocycles. The molecule has 0 spiro atoms. The van der Waals surface area contributed by atoms with Gasteiger partial charge in [-0.2, -0.15) is 0 Å². The van der Waals surface area contributed by atoms with Crippen LogP contribution < -0.4 is 0 Å². The molecule has 2 aromatic carbocycles. The van der Waals surface area contributed by atoms with Crippen molar-refractivity contribution in [3.05, 3.63) is 70.8 Å². The van der Waals surface area contributed by atoms with Crippen LogP contribution in [0.1, 0.15) is 158 Å². The fraction of sp³-hybridized carbons (Fsp3) is 0.600. The third-order valence-corrected chi connectivity index (χ3v) is 8.85. The first kappa shape index (κ1) is 32.1. The molecule has 0 heteroatoms. The average Bonchev–Trinajstić information content (AvgIpc) is 3.00. The number of aryl methyl sites for hydroxylation is 1. The first-order chi connectivity index (χ1) is 19.8. The molecule has 0 amide bonds. The summed E-state index contributed by atoms with van der Waals surface area (Å²) in [5.41, 5.74) is 4.70. The van der Waals surface area contributed by atoms with Gasteiger partial charge in [-0.3, -0.25) is 0 Å². The van der Waals surface area contributed by atoms with Crippen LogP contribution in [0.5, 0.6) is 0 Å². The van der Waals surface area contributed by atoms with E-state index in [4.69, 9.17) is 0 Å². The van der Waals surface area contributed by atoms with Gasteiger partial charge in [0, 0.05) is 23.1 Å². The summed E-state index contributed by atoms with van der Waals surface area (Å²) in [6.07, 6.45) is 27.4. The molecule has 0 heterocycles. The molecule has 0 bridgehead atoms. The van der Waals surface area contributed by atoms with Crippen molar-refractivity contribution in [2.45, 2.75) is 142 Å². The highest BCUT2D eigenvalue weighted by atomic mass is 14.3. The molecule has 216 valence electrons. The van der Waals surface area contributed by atoms with Crippen molar-refractivity contribution in [2.75, 3.05) is 0 Å². The second-order valence-corrected chi connectivity index (χ2v) is 12.3. The van der Waals surface area contributed by atoms with Crippen molar-refractivity contribution in [2.24, 2.45) is 11.8 Å². The summed E-state index contributed by atoms with van der Waals surface area (Å²) < 4.78 is 0. The molecule has 1 saturated carbocycles. The number of hydrogen-bond donors (Lipinski definition) is 0. The lowest BCUT2D eigenvalue weighted by molar-refractivity contribution is 0.248. The zero-order valence-corrected chi connectivity index (χ0v) is 25.9. The van der Waals surface area contributed by atoms with Gasteiger partial charge in [0.1, 0.15) is 0 Å². The van der Waals surface area contributed by atoms with Crippen molar-refractivity contribution in [3.63, 3.8) is 0 Å². The van der Waals surface area contributed by atoms with Crippen LogP contribution in [0.2, 0.25) is 0 Å². The Hall–Kier alpha value is -2.44. The molecular weight excluding hydrogens is 480 g/mol. The molecule has 1 aliphatic rings. The van der Waals surface area contributed by atoms with Crippen molar-refractivity contribution >= 4 is 0 Å². The Morgan fingerprint density at radius 2 is 0.950 bits per heavy atom. The van der Waals surface area contributed by atoms with E-state index in [9.17, 15) is 0 Å². The molecule has 0 aromatic heterocycles. The van der Waals surface area contributed by atoms with E-state index in [-0.39, 0.29) is 0 Å². The zero-order chi connectivity index (χ0) is 28.1. The predicted octanol–water partition coefficient (Wildman–Crippen LogP) is 11.7. The van der Waals surface area contributed by atoms with E-state index in [1.807, 2.05) is 0 Å². The molecule has 40 heavy (non-hydrogen) atoms. The molecular formula is C40H56. The second kappa shape index (κ2) is 20.4. The van der Waals surface area contributed by atoms with Crippen LogP contribution in [0.15, 0.2) is 48.5 Å². The van der Waals surface area contributed by atoms with Crippen LogP contribution in [0, 0.1) is 35.5 Å². The van der Waals surface area contributed by atoms with Gasteiger partial charge in [-0.05, 0) is 73.1 Å². The van der Waals surface area contributed by atoms with Crippen LogP contribution >= 0.6 is 0 Å². The summed E-state index contributed by atoms with van der Waals surface area (Å²) in [6.45, 7) is 4.57. The van der Waals surface area contributed by atoms with Crippen LogP contribution in [0.3, 0.4) is 0 Å². The van der Waals surface area contributed by atoms with Crippen LogP contribution in [-0.4, -0.2) is 0 Å². The Balaban J connectivity index is 1.31. The molecule has 3 rings (SSSR count). The fourth-order valence-electron chi connectivity index (χ4n) is 6.09. The summed E-state index contributed by atoms with van der Waals surface area (Å²) in [7, 11) is 0. The van der Waals surface area contributed by atoms with Gasteiger partial charge < -0.3 is 0 Å². The van der Waals surface area contributed by atoms with Gasteiger partial charge in [-0.1, -0.05) is 152 Å². The van der Waals surface area contributed by atoms with Crippen molar-refractivity contribution in [1.82, 2.24) is 0 Å². The van der Waals surface area contributed by atoms with E-state index >= 15 is 0 Å². The van der Waals surface area contributed by atoms with Gasteiger partial charge in [0.25, 0.3) is 0 Å². The molecule has 0 nitrogen and oxygen atoms in total. The first-order valence-electron chi connectivity index (χ1n) is 17.0. The van der Waals surface area contributed by atoms with E-state index in [1.54, 1.807) is 0 Å². The Kier molecular flexibility index (Phi) is 16.4. The van der Waals surface area contributed by atoms with Gasteiger partial charge >= 0.3 is 0 Å². The number of rotatable bonds is 16. The van der Waals surface area contributed by atoms with Crippen LogP contribution in [0.4, 0.5) is 0 Å². The predicted molar refractivity (Wildman–Crippen MR) is 175 cm³/mol. The number of benzene rings is 2. The van der Waals surface area contributed by atoms with E-state index in [1.165, 1.54) is 128 Å². The Bertz CT molecular complexity index is 1030. The summed E-state index contributed by atoms with van der Waals surface area (Å²) in [4.78, 5) is 0. The van der Waals surface area contributed by atoms with Gasteiger partial charge in [-0.15, -0.1) is 0 Å². The van der Waals surface area contributed by atoms with Gasteiger partial charge in [0.15, 0.2) is 0 Å².